The van der Waals surface area contributed by atoms with Crippen molar-refractivity contribution in [2.24, 2.45) is 4.99 Å². The molecular weight excluding hydrogens is 218 g/mol. The SMILES string of the molecule is Cc1ncccc1NC1=NC(C)CC(C)S1. The number of nitrogens with zero attached hydrogens (tertiary/aromatic N) is 2. The van der Waals surface area contributed by atoms with E-state index in [-0.39, 0.29) is 0 Å². The fourth-order valence-electron chi connectivity index (χ4n) is 1.80. The molecule has 0 aliphatic carbocycles. The molecule has 1 aromatic heterocycles. The third-order valence-corrected chi connectivity index (χ3v) is 3.60. The van der Waals surface area contributed by atoms with Crippen LogP contribution in [0, 0.1) is 6.92 Å². The third kappa shape index (κ3) is 2.76. The Balaban J connectivity index is 2.13. The van der Waals surface area contributed by atoms with Gasteiger partial charge in [0.15, 0.2) is 5.17 Å². The van der Waals surface area contributed by atoms with Gasteiger partial charge in [-0.2, -0.15) is 0 Å². The molecule has 0 spiro atoms. The maximum atomic E-state index is 4.61. The Morgan fingerprint density at radius 3 is 2.94 bits per heavy atom. The second-order valence-electron chi connectivity index (χ2n) is 4.21. The van der Waals surface area contributed by atoms with Crippen molar-refractivity contribution in [3.63, 3.8) is 0 Å². The molecule has 0 bridgehead atoms. The van der Waals surface area contributed by atoms with Gasteiger partial charge in [-0.15, -0.1) is 0 Å². The van der Waals surface area contributed by atoms with E-state index in [0.717, 1.165) is 23.0 Å². The fraction of sp³-hybridized carbons (Fsp3) is 0.500. The molecule has 0 aromatic carbocycles. The summed E-state index contributed by atoms with van der Waals surface area (Å²) in [4.78, 5) is 8.87. The Kier molecular flexibility index (Phi) is 3.49. The van der Waals surface area contributed by atoms with Gasteiger partial charge in [0.25, 0.3) is 0 Å². The number of anilines is 1. The zero-order valence-corrected chi connectivity index (χ0v) is 10.7. The Hall–Kier alpha value is -1.03. The first-order chi connectivity index (χ1) is 7.65. The molecule has 3 nitrogen and oxygen atoms in total. The Labute approximate surface area is 101 Å². The number of aliphatic imine (C=N–C) groups is 1. The standard InChI is InChI=1S/C12H17N3S/c1-8-7-9(2)16-12(14-8)15-11-5-4-6-13-10(11)3/h4-6,8-9H,7H2,1-3H3,(H,14,15). The summed E-state index contributed by atoms with van der Waals surface area (Å²) in [6.45, 7) is 6.41. The first-order valence-corrected chi connectivity index (χ1v) is 6.46. The molecule has 2 heterocycles. The van der Waals surface area contributed by atoms with Crippen LogP contribution < -0.4 is 5.32 Å². The van der Waals surface area contributed by atoms with Crippen LogP contribution >= 0.6 is 11.8 Å². The van der Waals surface area contributed by atoms with Crippen LogP contribution in [-0.2, 0) is 0 Å². The van der Waals surface area contributed by atoms with E-state index in [2.05, 4.69) is 29.1 Å². The quantitative estimate of drug-likeness (QED) is 0.813. The van der Waals surface area contributed by atoms with Gasteiger partial charge in [-0.1, -0.05) is 18.7 Å². The van der Waals surface area contributed by atoms with Gasteiger partial charge in [0, 0.05) is 11.4 Å². The summed E-state index contributed by atoms with van der Waals surface area (Å²) < 4.78 is 0. The maximum absolute atomic E-state index is 4.61. The highest BCUT2D eigenvalue weighted by Gasteiger charge is 2.18. The summed E-state index contributed by atoms with van der Waals surface area (Å²) in [6.07, 6.45) is 2.96. The first kappa shape index (κ1) is 11.5. The van der Waals surface area contributed by atoms with Gasteiger partial charge in [0.05, 0.1) is 17.4 Å². The second-order valence-corrected chi connectivity index (χ2v) is 5.64. The predicted molar refractivity (Wildman–Crippen MR) is 71.2 cm³/mol. The minimum atomic E-state index is 0.413. The molecule has 4 heteroatoms. The number of rotatable bonds is 1. The highest BCUT2D eigenvalue weighted by molar-refractivity contribution is 8.14. The topological polar surface area (TPSA) is 37.3 Å². The molecule has 2 atom stereocenters. The molecule has 2 unspecified atom stereocenters. The van der Waals surface area contributed by atoms with Crippen LogP contribution in [0.2, 0.25) is 0 Å². The smallest absolute Gasteiger partial charge is 0.161 e. The molecule has 1 aliphatic heterocycles. The van der Waals surface area contributed by atoms with E-state index in [1.54, 1.807) is 11.8 Å². The molecule has 0 amide bonds. The van der Waals surface area contributed by atoms with Gasteiger partial charge < -0.3 is 5.32 Å². The van der Waals surface area contributed by atoms with Gasteiger partial charge in [-0.25, -0.2) is 0 Å². The van der Waals surface area contributed by atoms with Crippen LogP contribution in [0.1, 0.15) is 26.0 Å². The van der Waals surface area contributed by atoms with Crippen LogP contribution in [-0.4, -0.2) is 21.4 Å². The number of thioether (sulfide) groups is 1. The van der Waals surface area contributed by atoms with Gasteiger partial charge in [0.1, 0.15) is 0 Å². The van der Waals surface area contributed by atoms with E-state index >= 15 is 0 Å². The lowest BCUT2D eigenvalue weighted by Gasteiger charge is -2.23. The van der Waals surface area contributed by atoms with Gasteiger partial charge in [-0.3, -0.25) is 9.98 Å². The van der Waals surface area contributed by atoms with Crippen molar-refractivity contribution in [1.29, 1.82) is 0 Å². The zero-order valence-electron chi connectivity index (χ0n) is 9.90. The van der Waals surface area contributed by atoms with Crippen molar-refractivity contribution >= 4 is 22.6 Å². The lowest BCUT2D eigenvalue weighted by atomic mass is 10.2. The van der Waals surface area contributed by atoms with Gasteiger partial charge >= 0.3 is 0 Å². The van der Waals surface area contributed by atoms with Crippen LogP contribution in [0.25, 0.3) is 0 Å². The Bertz CT molecular complexity index is 403. The lowest BCUT2D eigenvalue weighted by Crippen LogP contribution is -2.23. The first-order valence-electron chi connectivity index (χ1n) is 5.58. The van der Waals surface area contributed by atoms with E-state index < -0.39 is 0 Å². The molecule has 1 aromatic rings. The minimum Gasteiger partial charge on any atom is -0.333 e. The van der Waals surface area contributed by atoms with Crippen molar-refractivity contribution < 1.29 is 0 Å². The predicted octanol–water partition coefficient (Wildman–Crippen LogP) is 3.07. The molecule has 2 rings (SSSR count). The molecule has 0 fully saturated rings. The van der Waals surface area contributed by atoms with Gasteiger partial charge in [0.2, 0.25) is 0 Å². The van der Waals surface area contributed by atoms with E-state index in [9.17, 15) is 0 Å². The minimum absolute atomic E-state index is 0.413. The van der Waals surface area contributed by atoms with Crippen molar-refractivity contribution in [3.8, 4) is 0 Å². The van der Waals surface area contributed by atoms with E-state index in [4.69, 9.17) is 0 Å². The Morgan fingerprint density at radius 2 is 2.25 bits per heavy atom. The molecule has 1 aliphatic rings. The summed E-state index contributed by atoms with van der Waals surface area (Å²) in [7, 11) is 0. The summed E-state index contributed by atoms with van der Waals surface area (Å²) in [6, 6.07) is 4.39. The highest BCUT2D eigenvalue weighted by Crippen LogP contribution is 2.26. The van der Waals surface area contributed by atoms with Gasteiger partial charge in [-0.05, 0) is 32.4 Å². The number of amidine groups is 1. The van der Waals surface area contributed by atoms with Crippen molar-refractivity contribution in [2.75, 3.05) is 5.32 Å². The summed E-state index contributed by atoms with van der Waals surface area (Å²) in [5, 5.41) is 5.01. The average molecular weight is 235 g/mol. The number of pyridine rings is 1. The fourth-order valence-corrected chi connectivity index (χ4v) is 2.96. The molecular formula is C12H17N3S. The van der Waals surface area contributed by atoms with Crippen molar-refractivity contribution in [2.45, 2.75) is 38.5 Å². The normalized spacial score (nSPS) is 25.1. The highest BCUT2D eigenvalue weighted by atomic mass is 32.2. The monoisotopic (exact) mass is 235 g/mol. The third-order valence-electron chi connectivity index (χ3n) is 2.57. The molecule has 0 saturated carbocycles. The Morgan fingerprint density at radius 1 is 1.44 bits per heavy atom. The second kappa shape index (κ2) is 4.87. The maximum Gasteiger partial charge on any atom is 0.161 e. The number of aryl methyl sites for hydroxylation is 1. The molecule has 16 heavy (non-hydrogen) atoms. The van der Waals surface area contributed by atoms with Crippen molar-refractivity contribution in [3.05, 3.63) is 24.0 Å². The van der Waals surface area contributed by atoms with Crippen LogP contribution in [0.4, 0.5) is 5.69 Å². The number of hydrogen-bond acceptors (Lipinski definition) is 4. The van der Waals surface area contributed by atoms with Crippen LogP contribution in [0.3, 0.4) is 0 Å². The van der Waals surface area contributed by atoms with E-state index in [1.165, 1.54) is 0 Å². The van der Waals surface area contributed by atoms with Crippen molar-refractivity contribution in [1.82, 2.24) is 4.98 Å². The number of nitrogens with one attached hydrogen (secondary N) is 1. The average Bonchev–Trinajstić information content (AvgIpc) is 2.20. The largest absolute Gasteiger partial charge is 0.333 e. The van der Waals surface area contributed by atoms with E-state index in [1.807, 2.05) is 25.3 Å². The molecule has 86 valence electrons. The number of aromatic nitrogens is 1. The molecule has 0 radical (unpaired) electrons. The van der Waals surface area contributed by atoms with Crippen LogP contribution in [0.5, 0.6) is 0 Å². The number of hydrogen-bond donors (Lipinski definition) is 1. The molecule has 1 N–H and O–H groups in total. The lowest BCUT2D eigenvalue weighted by molar-refractivity contribution is 0.661. The van der Waals surface area contributed by atoms with E-state index in [0.29, 0.717) is 11.3 Å². The summed E-state index contributed by atoms with van der Waals surface area (Å²) >= 11 is 1.80. The van der Waals surface area contributed by atoms with Crippen LogP contribution in [0.15, 0.2) is 23.3 Å². The zero-order chi connectivity index (χ0) is 11.5. The summed E-state index contributed by atoms with van der Waals surface area (Å²) in [5.41, 5.74) is 2.06. The summed E-state index contributed by atoms with van der Waals surface area (Å²) in [5.74, 6) is 0. The molecule has 0 saturated heterocycles.